The van der Waals surface area contributed by atoms with E-state index >= 15 is 0 Å². The van der Waals surface area contributed by atoms with Crippen molar-refractivity contribution in [3.8, 4) is 0 Å². The molecule has 1 fully saturated rings. The van der Waals surface area contributed by atoms with Crippen LogP contribution in [0, 0.1) is 5.92 Å². The number of hydrogen-bond donors (Lipinski definition) is 2. The van der Waals surface area contributed by atoms with Crippen molar-refractivity contribution in [2.24, 2.45) is 5.92 Å². The van der Waals surface area contributed by atoms with Gasteiger partial charge in [-0.3, -0.25) is 14.4 Å². The fourth-order valence-corrected chi connectivity index (χ4v) is 2.94. The molecule has 0 radical (unpaired) electrons. The van der Waals surface area contributed by atoms with Crippen molar-refractivity contribution in [2.75, 3.05) is 46.1 Å². The number of piperidine rings is 1. The molecule has 156 valence electrons. The minimum Gasteiger partial charge on any atom is -0.481 e. The summed E-state index contributed by atoms with van der Waals surface area (Å²) in [5.74, 6) is -0.807. The predicted molar refractivity (Wildman–Crippen MR) is 101 cm³/mol. The lowest BCUT2D eigenvalue weighted by Crippen LogP contribution is -2.47. The van der Waals surface area contributed by atoms with E-state index in [-0.39, 0.29) is 49.5 Å². The summed E-state index contributed by atoms with van der Waals surface area (Å²) in [5.41, 5.74) is 0. The number of ketones is 1. The molecule has 0 spiro atoms. The highest BCUT2D eigenvalue weighted by atomic mass is 16.5. The van der Waals surface area contributed by atoms with Crippen LogP contribution >= 0.6 is 0 Å². The molecule has 0 bridgehead atoms. The van der Waals surface area contributed by atoms with Crippen LogP contribution < -0.4 is 5.32 Å². The molecule has 1 aliphatic rings. The maximum Gasteiger partial charge on any atom is 0.305 e. The SMILES string of the molecule is CC(C)C(=O)CCC(=O)N(CCOCCOCCC(=O)O)C1CCNCC1. The fraction of sp³-hybridized carbons (Fsp3) is 0.842. The van der Waals surface area contributed by atoms with E-state index in [1.807, 2.05) is 18.7 Å². The molecular formula is C19H34N2O6. The molecule has 1 aliphatic heterocycles. The molecule has 1 saturated heterocycles. The second kappa shape index (κ2) is 13.6. The summed E-state index contributed by atoms with van der Waals surface area (Å²) in [6, 6.07) is 0.184. The number of carboxylic acid groups (broad SMARTS) is 1. The van der Waals surface area contributed by atoms with Gasteiger partial charge in [-0.15, -0.1) is 0 Å². The monoisotopic (exact) mass is 386 g/mol. The molecule has 0 aromatic heterocycles. The number of carboxylic acids is 1. The predicted octanol–water partition coefficient (Wildman–Crippen LogP) is 1.08. The molecule has 0 unspecified atom stereocenters. The van der Waals surface area contributed by atoms with Gasteiger partial charge in [0.1, 0.15) is 5.78 Å². The standard InChI is InChI=1S/C19H34N2O6/c1-15(2)17(22)3-4-18(23)21(16-5-8-20-9-6-16)10-12-27-14-13-26-11-7-19(24)25/h15-16,20H,3-14H2,1-2H3,(H,24,25). The normalized spacial score (nSPS) is 15.1. The fourth-order valence-electron chi connectivity index (χ4n) is 2.94. The second-order valence-corrected chi connectivity index (χ2v) is 7.06. The molecule has 0 aliphatic carbocycles. The second-order valence-electron chi connectivity index (χ2n) is 7.06. The zero-order valence-electron chi connectivity index (χ0n) is 16.6. The Morgan fingerprint density at radius 2 is 1.63 bits per heavy atom. The molecule has 2 N–H and O–H groups in total. The highest BCUT2D eigenvalue weighted by molar-refractivity contribution is 5.86. The molecule has 0 atom stereocenters. The summed E-state index contributed by atoms with van der Waals surface area (Å²) in [4.78, 5) is 36.7. The molecular weight excluding hydrogens is 352 g/mol. The van der Waals surface area contributed by atoms with Crippen LogP contribution in [-0.2, 0) is 23.9 Å². The first-order valence-electron chi connectivity index (χ1n) is 9.82. The summed E-state index contributed by atoms with van der Waals surface area (Å²) in [5, 5.41) is 11.8. The van der Waals surface area contributed by atoms with Crippen molar-refractivity contribution in [3.63, 3.8) is 0 Å². The molecule has 8 nitrogen and oxygen atoms in total. The average Bonchev–Trinajstić information content (AvgIpc) is 2.65. The van der Waals surface area contributed by atoms with Crippen molar-refractivity contribution in [1.29, 1.82) is 0 Å². The number of carbonyl (C=O) groups is 3. The van der Waals surface area contributed by atoms with E-state index in [1.54, 1.807) is 0 Å². The van der Waals surface area contributed by atoms with Gasteiger partial charge in [0.05, 0.1) is 32.8 Å². The number of carbonyl (C=O) groups excluding carboxylic acids is 2. The van der Waals surface area contributed by atoms with Crippen LogP contribution in [0.2, 0.25) is 0 Å². The first-order valence-corrected chi connectivity index (χ1v) is 9.82. The summed E-state index contributed by atoms with van der Waals surface area (Å²) in [7, 11) is 0. The van der Waals surface area contributed by atoms with Gasteiger partial charge in [0, 0.05) is 31.3 Å². The third kappa shape index (κ3) is 10.4. The lowest BCUT2D eigenvalue weighted by Gasteiger charge is -2.35. The van der Waals surface area contributed by atoms with E-state index in [2.05, 4.69) is 5.32 Å². The van der Waals surface area contributed by atoms with Crippen LogP contribution in [0.3, 0.4) is 0 Å². The van der Waals surface area contributed by atoms with Gasteiger partial charge >= 0.3 is 5.97 Å². The highest BCUT2D eigenvalue weighted by Gasteiger charge is 2.25. The Hall–Kier alpha value is -1.51. The zero-order chi connectivity index (χ0) is 20.1. The topological polar surface area (TPSA) is 105 Å². The Labute approximate surface area is 161 Å². The van der Waals surface area contributed by atoms with E-state index in [1.165, 1.54) is 0 Å². The van der Waals surface area contributed by atoms with Gasteiger partial charge in [-0.2, -0.15) is 0 Å². The number of rotatable bonds is 14. The van der Waals surface area contributed by atoms with Gasteiger partial charge in [0.25, 0.3) is 0 Å². The minimum absolute atomic E-state index is 0.0113. The number of ether oxygens (including phenoxy) is 2. The number of nitrogens with zero attached hydrogens (tertiary/aromatic N) is 1. The molecule has 0 aromatic rings. The molecule has 0 saturated carbocycles. The maximum atomic E-state index is 12.7. The van der Waals surface area contributed by atoms with Gasteiger partial charge in [-0.05, 0) is 25.9 Å². The molecule has 0 aromatic carbocycles. The lowest BCUT2D eigenvalue weighted by molar-refractivity contribution is -0.138. The van der Waals surface area contributed by atoms with E-state index in [4.69, 9.17) is 14.6 Å². The van der Waals surface area contributed by atoms with Gasteiger partial charge in [0.2, 0.25) is 5.91 Å². The Morgan fingerprint density at radius 3 is 2.22 bits per heavy atom. The number of aliphatic carboxylic acids is 1. The van der Waals surface area contributed by atoms with Gasteiger partial charge < -0.3 is 24.8 Å². The van der Waals surface area contributed by atoms with Crippen molar-refractivity contribution in [3.05, 3.63) is 0 Å². The summed E-state index contributed by atoms with van der Waals surface area (Å²) >= 11 is 0. The number of Topliss-reactive ketones (excluding diaryl/α,β-unsaturated/α-hetero) is 1. The van der Waals surface area contributed by atoms with Crippen molar-refractivity contribution >= 4 is 17.7 Å². The molecule has 27 heavy (non-hydrogen) atoms. The van der Waals surface area contributed by atoms with Crippen molar-refractivity contribution < 1.29 is 29.0 Å². The molecule has 1 amide bonds. The smallest absolute Gasteiger partial charge is 0.305 e. The molecule has 1 heterocycles. The van der Waals surface area contributed by atoms with E-state index in [9.17, 15) is 14.4 Å². The van der Waals surface area contributed by atoms with Gasteiger partial charge in [-0.1, -0.05) is 13.8 Å². The summed E-state index contributed by atoms with van der Waals surface area (Å²) < 4.78 is 10.7. The Kier molecular flexibility index (Phi) is 11.9. The highest BCUT2D eigenvalue weighted by Crippen LogP contribution is 2.14. The van der Waals surface area contributed by atoms with Gasteiger partial charge in [0.15, 0.2) is 0 Å². The van der Waals surface area contributed by atoms with E-state index < -0.39 is 5.97 Å². The van der Waals surface area contributed by atoms with Crippen molar-refractivity contribution in [2.45, 2.75) is 52.0 Å². The van der Waals surface area contributed by atoms with Crippen LogP contribution in [0.15, 0.2) is 0 Å². The summed E-state index contributed by atoms with van der Waals surface area (Å²) in [6.07, 6.45) is 2.33. The van der Waals surface area contributed by atoms with Crippen LogP contribution in [0.5, 0.6) is 0 Å². The van der Waals surface area contributed by atoms with Gasteiger partial charge in [-0.25, -0.2) is 0 Å². The summed E-state index contributed by atoms with van der Waals surface area (Å²) in [6.45, 7) is 7.23. The third-order valence-electron chi connectivity index (χ3n) is 4.61. The molecule has 8 heteroatoms. The van der Waals surface area contributed by atoms with Crippen LogP contribution in [0.4, 0.5) is 0 Å². The Morgan fingerprint density at radius 1 is 1.00 bits per heavy atom. The molecule has 1 rings (SSSR count). The lowest BCUT2D eigenvalue weighted by atomic mass is 10.0. The van der Waals surface area contributed by atoms with E-state index in [0.717, 1.165) is 25.9 Å². The maximum absolute atomic E-state index is 12.7. The zero-order valence-corrected chi connectivity index (χ0v) is 16.6. The Balaban J connectivity index is 2.35. The van der Waals surface area contributed by atoms with Crippen LogP contribution in [0.1, 0.15) is 46.0 Å². The van der Waals surface area contributed by atoms with Crippen LogP contribution in [0.25, 0.3) is 0 Å². The minimum atomic E-state index is -0.886. The van der Waals surface area contributed by atoms with Crippen LogP contribution in [-0.4, -0.2) is 79.8 Å². The van der Waals surface area contributed by atoms with Crippen molar-refractivity contribution in [1.82, 2.24) is 10.2 Å². The quantitative estimate of drug-likeness (QED) is 0.430. The largest absolute Gasteiger partial charge is 0.481 e. The Bertz CT molecular complexity index is 463. The first kappa shape index (κ1) is 23.5. The number of amides is 1. The third-order valence-corrected chi connectivity index (χ3v) is 4.61. The van der Waals surface area contributed by atoms with E-state index in [0.29, 0.717) is 26.4 Å². The number of nitrogens with one attached hydrogen (secondary N) is 1. The average molecular weight is 386 g/mol. The number of hydrogen-bond acceptors (Lipinski definition) is 6. The first-order chi connectivity index (χ1) is 12.9.